The van der Waals surface area contributed by atoms with Gasteiger partial charge < -0.3 is 4.74 Å². The summed E-state index contributed by atoms with van der Waals surface area (Å²) in [6.07, 6.45) is 2.11. The number of alkyl halides is 1. The smallest absolute Gasteiger partial charge is 0.0506 e. The molecule has 72 valence electrons. The van der Waals surface area contributed by atoms with Crippen molar-refractivity contribution in [1.29, 1.82) is 0 Å². The van der Waals surface area contributed by atoms with E-state index in [9.17, 15) is 0 Å². The van der Waals surface area contributed by atoms with E-state index in [-0.39, 0.29) is 0 Å². The second-order valence-electron chi connectivity index (χ2n) is 2.89. The quantitative estimate of drug-likeness (QED) is 0.551. The fourth-order valence-electron chi connectivity index (χ4n) is 1.09. The van der Waals surface area contributed by atoms with Gasteiger partial charge in [-0.15, -0.1) is 0 Å². The molecule has 0 aliphatic rings. The summed E-state index contributed by atoms with van der Waals surface area (Å²) in [4.78, 5) is 0. The van der Waals surface area contributed by atoms with Crippen molar-refractivity contribution in [3.05, 3.63) is 35.9 Å². The third-order valence-corrected chi connectivity index (χ3v) is 2.36. The minimum Gasteiger partial charge on any atom is -0.381 e. The van der Waals surface area contributed by atoms with Gasteiger partial charge in [-0.2, -0.15) is 0 Å². The van der Waals surface area contributed by atoms with E-state index in [1.165, 1.54) is 5.56 Å². The molecule has 1 aromatic rings. The topological polar surface area (TPSA) is 9.23 Å². The summed E-state index contributed by atoms with van der Waals surface area (Å²) in [5, 5.41) is 1.03. The highest BCUT2D eigenvalue weighted by molar-refractivity contribution is 9.09. The molecule has 0 aliphatic heterocycles. The third-order valence-electron chi connectivity index (χ3n) is 1.80. The highest BCUT2D eigenvalue weighted by atomic mass is 79.9. The molecule has 0 saturated heterocycles. The Kier molecular flexibility index (Phi) is 5.87. The van der Waals surface area contributed by atoms with Crippen LogP contribution in [0.15, 0.2) is 30.3 Å². The van der Waals surface area contributed by atoms with Gasteiger partial charge in [0.25, 0.3) is 0 Å². The first-order valence-corrected chi connectivity index (χ1v) is 5.73. The number of hydrogen-bond acceptors (Lipinski definition) is 1. The van der Waals surface area contributed by atoms with E-state index in [0.29, 0.717) is 0 Å². The van der Waals surface area contributed by atoms with Gasteiger partial charge in [0, 0.05) is 11.9 Å². The molecule has 0 N–H and O–H groups in total. The van der Waals surface area contributed by atoms with Gasteiger partial charge in [-0.3, -0.25) is 0 Å². The van der Waals surface area contributed by atoms with Crippen molar-refractivity contribution in [2.45, 2.75) is 12.8 Å². The standard InChI is InChI=1S/C11H15BrO/c12-8-4-9-13-10-7-11-5-2-1-3-6-11/h1-3,5-6H,4,7-10H2. The number of halogens is 1. The molecule has 13 heavy (non-hydrogen) atoms. The van der Waals surface area contributed by atoms with Crippen LogP contribution in [0.25, 0.3) is 0 Å². The zero-order valence-electron chi connectivity index (χ0n) is 7.71. The lowest BCUT2D eigenvalue weighted by Gasteiger charge is -2.02. The highest BCUT2D eigenvalue weighted by Gasteiger charge is 1.91. The van der Waals surface area contributed by atoms with Crippen molar-refractivity contribution in [3.8, 4) is 0 Å². The Bertz CT molecular complexity index is 211. The van der Waals surface area contributed by atoms with Gasteiger partial charge >= 0.3 is 0 Å². The van der Waals surface area contributed by atoms with Crippen LogP contribution in [0.2, 0.25) is 0 Å². The first-order chi connectivity index (χ1) is 6.43. The maximum atomic E-state index is 5.45. The third kappa shape index (κ3) is 5.06. The SMILES string of the molecule is BrCCCOCCc1ccccc1. The molecule has 0 unspecified atom stereocenters. The second-order valence-corrected chi connectivity index (χ2v) is 3.68. The van der Waals surface area contributed by atoms with Crippen molar-refractivity contribution in [2.24, 2.45) is 0 Å². The zero-order chi connectivity index (χ0) is 9.36. The molecular formula is C11H15BrO. The molecule has 2 heteroatoms. The molecule has 0 spiro atoms. The first kappa shape index (κ1) is 10.7. The Balaban J connectivity index is 2.07. The average molecular weight is 243 g/mol. The Morgan fingerprint density at radius 3 is 2.54 bits per heavy atom. The lowest BCUT2D eigenvalue weighted by atomic mass is 10.2. The number of hydrogen-bond donors (Lipinski definition) is 0. The molecule has 1 nitrogen and oxygen atoms in total. The average Bonchev–Trinajstić information content (AvgIpc) is 2.19. The lowest BCUT2D eigenvalue weighted by molar-refractivity contribution is 0.139. The minimum absolute atomic E-state index is 0.830. The van der Waals surface area contributed by atoms with E-state index in [4.69, 9.17) is 4.74 Å². The summed E-state index contributed by atoms with van der Waals surface area (Å²) in [6.45, 7) is 1.69. The van der Waals surface area contributed by atoms with Gasteiger partial charge in [0.1, 0.15) is 0 Å². The molecule has 0 radical (unpaired) electrons. The number of benzene rings is 1. The largest absolute Gasteiger partial charge is 0.381 e. The summed E-state index contributed by atoms with van der Waals surface area (Å²) in [7, 11) is 0. The van der Waals surface area contributed by atoms with E-state index in [0.717, 1.165) is 31.4 Å². The van der Waals surface area contributed by atoms with E-state index in [1.807, 2.05) is 6.07 Å². The van der Waals surface area contributed by atoms with Crippen LogP contribution in [0.3, 0.4) is 0 Å². The molecule has 0 aliphatic carbocycles. The van der Waals surface area contributed by atoms with Gasteiger partial charge in [0.05, 0.1) is 6.61 Å². The van der Waals surface area contributed by atoms with E-state index in [2.05, 4.69) is 40.2 Å². The fourth-order valence-corrected chi connectivity index (χ4v) is 1.32. The molecule has 1 rings (SSSR count). The summed E-state index contributed by atoms with van der Waals surface area (Å²) in [5.74, 6) is 0. The molecule has 0 fully saturated rings. The zero-order valence-corrected chi connectivity index (χ0v) is 9.29. The molecule has 0 bridgehead atoms. The second kappa shape index (κ2) is 7.10. The van der Waals surface area contributed by atoms with Crippen molar-refractivity contribution < 1.29 is 4.74 Å². The van der Waals surface area contributed by atoms with Crippen molar-refractivity contribution in [2.75, 3.05) is 18.5 Å². The fraction of sp³-hybridized carbons (Fsp3) is 0.455. The Morgan fingerprint density at radius 2 is 1.85 bits per heavy atom. The Labute approximate surface area is 88.2 Å². The Hall–Kier alpha value is -0.340. The molecule has 0 amide bonds. The maximum absolute atomic E-state index is 5.45. The number of ether oxygens (including phenoxy) is 1. The van der Waals surface area contributed by atoms with Crippen molar-refractivity contribution in [3.63, 3.8) is 0 Å². The predicted molar refractivity (Wildman–Crippen MR) is 59.4 cm³/mol. The molecule has 0 aromatic heterocycles. The summed E-state index contributed by atoms with van der Waals surface area (Å²) in [6, 6.07) is 10.4. The van der Waals surface area contributed by atoms with Crippen LogP contribution >= 0.6 is 15.9 Å². The highest BCUT2D eigenvalue weighted by Crippen LogP contribution is 1.99. The van der Waals surface area contributed by atoms with Crippen LogP contribution in [0.4, 0.5) is 0 Å². The molecule has 0 heterocycles. The van der Waals surface area contributed by atoms with Gasteiger partial charge in [0.2, 0.25) is 0 Å². The van der Waals surface area contributed by atoms with Gasteiger partial charge in [-0.05, 0) is 18.4 Å². The van der Waals surface area contributed by atoms with Gasteiger partial charge in [-0.25, -0.2) is 0 Å². The van der Waals surface area contributed by atoms with Gasteiger partial charge in [0.15, 0.2) is 0 Å². The van der Waals surface area contributed by atoms with Crippen LogP contribution in [-0.2, 0) is 11.2 Å². The predicted octanol–water partition coefficient (Wildman–Crippen LogP) is 3.03. The number of rotatable bonds is 6. The summed E-state index contributed by atoms with van der Waals surface area (Å²) >= 11 is 3.37. The first-order valence-electron chi connectivity index (χ1n) is 4.61. The molecule has 1 aromatic carbocycles. The minimum atomic E-state index is 0.830. The van der Waals surface area contributed by atoms with E-state index >= 15 is 0 Å². The van der Waals surface area contributed by atoms with E-state index < -0.39 is 0 Å². The Morgan fingerprint density at radius 1 is 1.08 bits per heavy atom. The lowest BCUT2D eigenvalue weighted by Crippen LogP contribution is -2.00. The van der Waals surface area contributed by atoms with Crippen molar-refractivity contribution >= 4 is 15.9 Å². The van der Waals surface area contributed by atoms with Crippen LogP contribution in [0, 0.1) is 0 Å². The van der Waals surface area contributed by atoms with Crippen LogP contribution in [0.1, 0.15) is 12.0 Å². The summed E-state index contributed by atoms with van der Waals surface area (Å²) < 4.78 is 5.45. The maximum Gasteiger partial charge on any atom is 0.0506 e. The van der Waals surface area contributed by atoms with Gasteiger partial charge in [-0.1, -0.05) is 46.3 Å². The normalized spacial score (nSPS) is 10.2. The van der Waals surface area contributed by atoms with Crippen LogP contribution in [0.5, 0.6) is 0 Å². The van der Waals surface area contributed by atoms with Crippen molar-refractivity contribution in [1.82, 2.24) is 0 Å². The molecule has 0 saturated carbocycles. The monoisotopic (exact) mass is 242 g/mol. The van der Waals surface area contributed by atoms with Crippen LogP contribution in [-0.4, -0.2) is 18.5 Å². The molecular weight excluding hydrogens is 228 g/mol. The molecule has 0 atom stereocenters. The van der Waals surface area contributed by atoms with Crippen LogP contribution < -0.4 is 0 Å². The van der Waals surface area contributed by atoms with E-state index in [1.54, 1.807) is 0 Å². The summed E-state index contributed by atoms with van der Waals surface area (Å²) in [5.41, 5.74) is 1.35.